The SMILES string of the molecule is BC(C)(OC(C)CC(C)(CC)OCC(CC)(CCCC)COC(C)(C)CC(C)OC(C)(C)CC(C)N)C(C)N. The Morgan fingerprint density at radius 3 is 1.69 bits per heavy atom. The summed E-state index contributed by atoms with van der Waals surface area (Å²) in [4.78, 5) is 0. The molecule has 0 saturated carbocycles. The lowest BCUT2D eigenvalue weighted by molar-refractivity contribution is -0.154. The number of hydrogen-bond acceptors (Lipinski definition) is 6. The lowest BCUT2D eigenvalue weighted by Crippen LogP contribution is -2.49. The van der Waals surface area contributed by atoms with Gasteiger partial charge in [0.25, 0.3) is 0 Å². The van der Waals surface area contributed by atoms with Crippen LogP contribution in [0, 0.1) is 5.41 Å². The summed E-state index contributed by atoms with van der Waals surface area (Å²) in [5.74, 6) is 0. The van der Waals surface area contributed by atoms with Crippen molar-refractivity contribution in [2.24, 2.45) is 16.9 Å². The van der Waals surface area contributed by atoms with Crippen LogP contribution in [0.1, 0.15) is 141 Å². The van der Waals surface area contributed by atoms with Crippen LogP contribution in [0.3, 0.4) is 0 Å². The average Bonchev–Trinajstić information content (AvgIpc) is 2.76. The number of ether oxygens (including phenoxy) is 4. The summed E-state index contributed by atoms with van der Waals surface area (Å²) in [5, 5.41) is 0. The molecule has 6 nitrogen and oxygen atoms in total. The van der Waals surface area contributed by atoms with Crippen molar-refractivity contribution in [3.8, 4) is 0 Å². The number of hydrogen-bond donors (Lipinski definition) is 2. The zero-order valence-corrected chi connectivity index (χ0v) is 28.7. The van der Waals surface area contributed by atoms with Gasteiger partial charge in [-0.25, -0.2) is 0 Å². The van der Waals surface area contributed by atoms with E-state index in [2.05, 4.69) is 84.0 Å². The molecule has 7 heteroatoms. The Morgan fingerprint density at radius 1 is 0.692 bits per heavy atom. The second-order valence-electron chi connectivity index (χ2n) is 14.7. The molecule has 0 bridgehead atoms. The van der Waals surface area contributed by atoms with Gasteiger partial charge in [0.05, 0.1) is 42.2 Å². The van der Waals surface area contributed by atoms with Crippen LogP contribution in [0.25, 0.3) is 0 Å². The van der Waals surface area contributed by atoms with Gasteiger partial charge in [-0.15, -0.1) is 0 Å². The highest BCUT2D eigenvalue weighted by atomic mass is 16.5. The lowest BCUT2D eigenvalue weighted by atomic mass is 9.77. The van der Waals surface area contributed by atoms with Crippen molar-refractivity contribution in [1.82, 2.24) is 0 Å². The van der Waals surface area contributed by atoms with E-state index in [1.807, 2.05) is 13.8 Å². The van der Waals surface area contributed by atoms with E-state index in [1.165, 1.54) is 0 Å². The highest BCUT2D eigenvalue weighted by Crippen LogP contribution is 2.36. The molecule has 39 heavy (non-hydrogen) atoms. The normalized spacial score (nSPS) is 20.9. The second kappa shape index (κ2) is 16.5. The molecule has 4 N–H and O–H groups in total. The summed E-state index contributed by atoms with van der Waals surface area (Å²) in [6.45, 7) is 29.3. The van der Waals surface area contributed by atoms with Crippen molar-refractivity contribution in [1.29, 1.82) is 0 Å². The van der Waals surface area contributed by atoms with Crippen molar-refractivity contribution in [2.75, 3.05) is 13.2 Å². The zero-order chi connectivity index (χ0) is 30.7. The molecule has 0 aromatic rings. The first kappa shape index (κ1) is 38.8. The smallest absolute Gasteiger partial charge is 0.144 e. The molecule has 0 aromatic carbocycles. The molecule has 234 valence electrons. The van der Waals surface area contributed by atoms with Gasteiger partial charge in [-0.2, -0.15) is 0 Å². The standard InChI is InChI=1S/C32H69BN2O4/c1-14-17-18-32(16-3,22-36-28(8,9)20-25(5)38-29(10,11)19-24(4)34)23-37-30(12,15-2)21-26(6)39-31(13,33)27(7)35/h24-27H,14-23,33-35H2,1-13H3. The molecule has 0 aliphatic heterocycles. The minimum atomic E-state index is -0.375. The quantitative estimate of drug-likeness (QED) is 0.151. The molecule has 7 atom stereocenters. The maximum absolute atomic E-state index is 6.80. The van der Waals surface area contributed by atoms with Gasteiger partial charge in [0.2, 0.25) is 0 Å². The fourth-order valence-corrected chi connectivity index (χ4v) is 5.54. The van der Waals surface area contributed by atoms with Gasteiger partial charge in [0, 0.05) is 35.8 Å². The van der Waals surface area contributed by atoms with Crippen LogP contribution in [0.15, 0.2) is 0 Å². The Morgan fingerprint density at radius 2 is 1.23 bits per heavy atom. The predicted molar refractivity (Wildman–Crippen MR) is 170 cm³/mol. The van der Waals surface area contributed by atoms with Crippen LogP contribution in [0.2, 0.25) is 0 Å². The predicted octanol–water partition coefficient (Wildman–Crippen LogP) is 6.36. The fourth-order valence-electron chi connectivity index (χ4n) is 5.54. The van der Waals surface area contributed by atoms with Gasteiger partial charge in [-0.1, -0.05) is 33.6 Å². The van der Waals surface area contributed by atoms with E-state index in [0.717, 1.165) is 51.4 Å². The summed E-state index contributed by atoms with van der Waals surface area (Å²) in [5.41, 5.74) is 11.0. The summed E-state index contributed by atoms with van der Waals surface area (Å²) >= 11 is 0. The summed E-state index contributed by atoms with van der Waals surface area (Å²) < 4.78 is 26.2. The van der Waals surface area contributed by atoms with Crippen molar-refractivity contribution in [3.63, 3.8) is 0 Å². The molecule has 0 radical (unpaired) electrons. The van der Waals surface area contributed by atoms with Gasteiger partial charge < -0.3 is 30.4 Å². The summed E-state index contributed by atoms with van der Waals surface area (Å²) in [6.07, 6.45) is 7.94. The van der Waals surface area contributed by atoms with Crippen LogP contribution >= 0.6 is 0 Å². The Kier molecular flexibility index (Phi) is 16.4. The van der Waals surface area contributed by atoms with Crippen LogP contribution in [0.4, 0.5) is 0 Å². The second-order valence-corrected chi connectivity index (χ2v) is 14.7. The van der Waals surface area contributed by atoms with Gasteiger partial charge in [0.1, 0.15) is 7.85 Å². The Labute approximate surface area is 244 Å². The summed E-state index contributed by atoms with van der Waals surface area (Å²) in [6, 6.07) is 0.0683. The highest BCUT2D eigenvalue weighted by molar-refractivity contribution is 6.14. The first-order valence-corrected chi connectivity index (χ1v) is 15.8. The maximum atomic E-state index is 6.80. The molecule has 7 unspecified atom stereocenters. The van der Waals surface area contributed by atoms with E-state index in [1.54, 1.807) is 0 Å². The first-order chi connectivity index (χ1) is 17.7. The number of unbranched alkanes of at least 4 members (excludes halogenated alkanes) is 1. The fraction of sp³-hybridized carbons (Fsp3) is 1.00. The Balaban J connectivity index is 5.41. The maximum Gasteiger partial charge on any atom is 0.144 e. The van der Waals surface area contributed by atoms with Crippen LogP contribution in [0.5, 0.6) is 0 Å². The van der Waals surface area contributed by atoms with Gasteiger partial charge in [0.15, 0.2) is 0 Å². The average molecular weight is 557 g/mol. The third kappa shape index (κ3) is 15.6. The number of nitrogens with two attached hydrogens (primary N) is 2. The molecule has 0 aliphatic rings. The van der Waals surface area contributed by atoms with E-state index in [9.17, 15) is 0 Å². The van der Waals surface area contributed by atoms with Crippen LogP contribution < -0.4 is 11.5 Å². The molecule has 0 aliphatic carbocycles. The third-order valence-electron chi connectivity index (χ3n) is 8.49. The van der Waals surface area contributed by atoms with Gasteiger partial charge >= 0.3 is 0 Å². The summed E-state index contributed by atoms with van der Waals surface area (Å²) in [7, 11) is 2.07. The topological polar surface area (TPSA) is 89.0 Å². The van der Waals surface area contributed by atoms with Crippen molar-refractivity contribution in [3.05, 3.63) is 0 Å². The first-order valence-electron chi connectivity index (χ1n) is 15.8. The molecule has 0 rings (SSSR count). The minimum absolute atomic E-state index is 0.0306. The Bertz CT molecular complexity index is 671. The van der Waals surface area contributed by atoms with Crippen molar-refractivity contribution in [2.45, 2.75) is 188 Å². The Hall–Kier alpha value is -0.175. The van der Waals surface area contributed by atoms with Crippen LogP contribution in [-0.2, 0) is 18.9 Å². The molecule has 0 amide bonds. The molecule has 0 spiro atoms. The van der Waals surface area contributed by atoms with Crippen molar-refractivity contribution < 1.29 is 18.9 Å². The highest BCUT2D eigenvalue weighted by Gasteiger charge is 2.37. The number of rotatable bonds is 22. The van der Waals surface area contributed by atoms with Crippen LogP contribution in [-0.4, -0.2) is 67.7 Å². The molecule has 0 saturated heterocycles. The molecule has 0 aromatic heterocycles. The monoisotopic (exact) mass is 557 g/mol. The molecule has 0 fully saturated rings. The largest absolute Gasteiger partial charge is 0.380 e. The van der Waals surface area contributed by atoms with Crippen molar-refractivity contribution >= 4 is 7.85 Å². The van der Waals surface area contributed by atoms with E-state index < -0.39 is 0 Å². The minimum Gasteiger partial charge on any atom is -0.380 e. The van der Waals surface area contributed by atoms with E-state index in [-0.39, 0.29) is 52.0 Å². The van der Waals surface area contributed by atoms with E-state index >= 15 is 0 Å². The molecular weight excluding hydrogens is 487 g/mol. The molecule has 0 heterocycles. The van der Waals surface area contributed by atoms with Gasteiger partial charge in [-0.3, -0.25) is 0 Å². The third-order valence-corrected chi connectivity index (χ3v) is 8.49. The molecular formula is C32H69BN2O4. The van der Waals surface area contributed by atoms with E-state index in [0.29, 0.717) is 13.2 Å². The van der Waals surface area contributed by atoms with Gasteiger partial charge in [-0.05, 0) is 94.9 Å². The zero-order valence-electron chi connectivity index (χ0n) is 28.7. The van der Waals surface area contributed by atoms with E-state index in [4.69, 9.17) is 30.4 Å². The lowest BCUT2D eigenvalue weighted by Gasteiger charge is -2.42.